The van der Waals surface area contributed by atoms with E-state index in [1.165, 1.54) is 6.92 Å². The van der Waals surface area contributed by atoms with Crippen LogP contribution in [0.4, 0.5) is 5.69 Å². The van der Waals surface area contributed by atoms with Crippen LogP contribution in [0, 0.1) is 4.77 Å². The van der Waals surface area contributed by atoms with Crippen molar-refractivity contribution in [1.82, 2.24) is 14.9 Å². The number of carbonyl (C=O) groups is 2. The van der Waals surface area contributed by atoms with Crippen molar-refractivity contribution in [3.63, 3.8) is 0 Å². The number of hydrogen-bond acceptors (Lipinski definition) is 3. The first-order valence-electron chi connectivity index (χ1n) is 8.50. The lowest BCUT2D eigenvalue weighted by molar-refractivity contribution is -0.114. The van der Waals surface area contributed by atoms with E-state index in [2.05, 4.69) is 15.6 Å². The number of carbonyl (C=O) groups excluding carboxylic acids is 2. The summed E-state index contributed by atoms with van der Waals surface area (Å²) in [7, 11) is 0. The average molecular weight is 380 g/mol. The van der Waals surface area contributed by atoms with E-state index in [1.54, 1.807) is 16.8 Å². The molecule has 1 aromatic heterocycles. The highest BCUT2D eigenvalue weighted by Crippen LogP contribution is 2.19. The summed E-state index contributed by atoms with van der Waals surface area (Å²) in [5, 5.41) is 5.72. The van der Waals surface area contributed by atoms with Crippen LogP contribution in [-0.4, -0.2) is 21.4 Å². The van der Waals surface area contributed by atoms with Crippen molar-refractivity contribution in [2.45, 2.75) is 19.9 Å². The van der Waals surface area contributed by atoms with Gasteiger partial charge in [-0.25, -0.2) is 0 Å². The molecule has 7 heteroatoms. The minimum Gasteiger partial charge on any atom is -0.344 e. The van der Waals surface area contributed by atoms with Gasteiger partial charge in [-0.2, -0.15) is 0 Å². The molecule has 0 aliphatic carbocycles. The zero-order valence-corrected chi connectivity index (χ0v) is 15.8. The lowest BCUT2D eigenvalue weighted by atomic mass is 10.1. The zero-order chi connectivity index (χ0) is 19.4. The van der Waals surface area contributed by atoms with Gasteiger partial charge in [0.25, 0.3) is 5.91 Å². The normalized spacial score (nSPS) is 11.6. The maximum absolute atomic E-state index is 12.8. The Bertz CT molecular complexity index is 1020. The van der Waals surface area contributed by atoms with Gasteiger partial charge in [-0.3, -0.25) is 14.2 Å². The van der Waals surface area contributed by atoms with Gasteiger partial charge in [0.2, 0.25) is 5.91 Å². The molecule has 3 aromatic rings. The highest BCUT2D eigenvalue weighted by Gasteiger charge is 2.17. The molecule has 0 spiro atoms. The van der Waals surface area contributed by atoms with Crippen LogP contribution in [0.15, 0.2) is 60.8 Å². The van der Waals surface area contributed by atoms with Crippen LogP contribution in [0.5, 0.6) is 0 Å². The second-order valence-electron chi connectivity index (χ2n) is 6.15. The molecule has 2 amide bonds. The number of rotatable bonds is 5. The number of H-pyrrole nitrogens is 1. The van der Waals surface area contributed by atoms with Crippen molar-refractivity contribution in [3.05, 3.63) is 76.8 Å². The van der Waals surface area contributed by atoms with Gasteiger partial charge in [0.05, 0.1) is 6.04 Å². The van der Waals surface area contributed by atoms with Crippen molar-refractivity contribution in [2.75, 3.05) is 5.32 Å². The minimum absolute atomic E-state index is 0.141. The Morgan fingerprint density at radius 3 is 2.56 bits per heavy atom. The van der Waals surface area contributed by atoms with Gasteiger partial charge in [0, 0.05) is 24.5 Å². The van der Waals surface area contributed by atoms with Gasteiger partial charge in [-0.15, -0.1) is 0 Å². The summed E-state index contributed by atoms with van der Waals surface area (Å²) in [6, 6.07) is 16.6. The molecule has 1 heterocycles. The maximum Gasteiger partial charge on any atom is 0.270 e. The molecule has 0 radical (unpaired) electrons. The molecule has 0 fully saturated rings. The highest BCUT2D eigenvalue weighted by atomic mass is 32.1. The van der Waals surface area contributed by atoms with E-state index in [4.69, 9.17) is 12.2 Å². The third-order valence-corrected chi connectivity index (χ3v) is 4.38. The summed E-state index contributed by atoms with van der Waals surface area (Å²) in [5.41, 5.74) is 2.82. The third-order valence-electron chi connectivity index (χ3n) is 4.08. The predicted molar refractivity (Wildman–Crippen MR) is 108 cm³/mol. The Morgan fingerprint density at radius 2 is 1.85 bits per heavy atom. The molecular weight excluding hydrogens is 360 g/mol. The van der Waals surface area contributed by atoms with Crippen LogP contribution in [0.1, 0.15) is 35.9 Å². The van der Waals surface area contributed by atoms with E-state index in [0.29, 0.717) is 16.2 Å². The summed E-state index contributed by atoms with van der Waals surface area (Å²) < 4.78 is 2.15. The molecule has 3 N–H and O–H groups in total. The average Bonchev–Trinajstić information content (AvgIpc) is 3.03. The molecule has 1 atom stereocenters. The number of para-hydroxylation sites is 1. The van der Waals surface area contributed by atoms with E-state index >= 15 is 0 Å². The Labute approximate surface area is 162 Å². The van der Waals surface area contributed by atoms with Crippen LogP contribution < -0.4 is 10.6 Å². The first kappa shape index (κ1) is 18.6. The molecule has 0 aliphatic rings. The molecule has 0 saturated heterocycles. The minimum atomic E-state index is -0.251. The maximum atomic E-state index is 12.8. The van der Waals surface area contributed by atoms with Gasteiger partial charge in [0.1, 0.15) is 5.69 Å². The number of amides is 2. The number of aromatic nitrogens is 2. The Morgan fingerprint density at radius 1 is 1.11 bits per heavy atom. The lowest BCUT2D eigenvalue weighted by Gasteiger charge is -2.16. The summed E-state index contributed by atoms with van der Waals surface area (Å²) in [6.45, 7) is 3.34. The van der Waals surface area contributed by atoms with Crippen LogP contribution in [-0.2, 0) is 4.79 Å². The molecule has 0 aliphatic heterocycles. The smallest absolute Gasteiger partial charge is 0.270 e. The summed E-state index contributed by atoms with van der Waals surface area (Å²) >= 11 is 5.33. The van der Waals surface area contributed by atoms with Gasteiger partial charge in [0.15, 0.2) is 4.77 Å². The van der Waals surface area contributed by atoms with Crippen molar-refractivity contribution in [1.29, 1.82) is 0 Å². The molecule has 0 saturated carbocycles. The van der Waals surface area contributed by atoms with Gasteiger partial charge >= 0.3 is 0 Å². The first-order valence-corrected chi connectivity index (χ1v) is 8.91. The highest BCUT2D eigenvalue weighted by molar-refractivity contribution is 7.71. The quantitative estimate of drug-likeness (QED) is 0.586. The molecule has 6 nitrogen and oxygen atoms in total. The summed E-state index contributed by atoms with van der Waals surface area (Å²) in [4.78, 5) is 27.0. The molecule has 2 aromatic carbocycles. The van der Waals surface area contributed by atoms with E-state index in [9.17, 15) is 9.59 Å². The number of imidazole rings is 1. The van der Waals surface area contributed by atoms with E-state index < -0.39 is 0 Å². The second-order valence-corrected chi connectivity index (χ2v) is 6.54. The van der Waals surface area contributed by atoms with Gasteiger partial charge < -0.3 is 15.6 Å². The number of aromatic amines is 1. The molecule has 27 heavy (non-hydrogen) atoms. The van der Waals surface area contributed by atoms with Crippen LogP contribution in [0.2, 0.25) is 0 Å². The fourth-order valence-corrected chi connectivity index (χ4v) is 3.07. The van der Waals surface area contributed by atoms with Crippen molar-refractivity contribution >= 4 is 29.7 Å². The Kier molecular flexibility index (Phi) is 5.52. The lowest BCUT2D eigenvalue weighted by Crippen LogP contribution is -2.28. The standard InChI is InChI=1S/C20H20N4O2S/c1-13(15-7-6-8-16(11-15)23-14(2)25)22-19(26)18-12-21-20(27)24(18)17-9-4-3-5-10-17/h3-13H,1-2H3,(H,21,27)(H,22,26)(H,23,25). The molecule has 138 valence electrons. The van der Waals surface area contributed by atoms with Crippen molar-refractivity contribution < 1.29 is 9.59 Å². The Hall–Kier alpha value is -3.19. The SMILES string of the molecule is CC(=O)Nc1cccc(C(C)NC(=O)c2c[nH]c(=S)n2-c2ccccc2)c1. The van der Waals surface area contributed by atoms with Crippen molar-refractivity contribution in [2.24, 2.45) is 0 Å². The van der Waals surface area contributed by atoms with Crippen LogP contribution in [0.25, 0.3) is 5.69 Å². The second kappa shape index (κ2) is 8.01. The predicted octanol–water partition coefficient (Wildman–Crippen LogP) is 3.98. The number of hydrogen-bond donors (Lipinski definition) is 3. The molecular formula is C20H20N4O2S. The van der Waals surface area contributed by atoms with E-state index in [1.807, 2.05) is 55.5 Å². The third kappa shape index (κ3) is 4.32. The first-order chi connectivity index (χ1) is 13.0. The number of nitrogens with zero attached hydrogens (tertiary/aromatic N) is 1. The van der Waals surface area contributed by atoms with Crippen LogP contribution >= 0.6 is 12.2 Å². The van der Waals surface area contributed by atoms with Gasteiger partial charge in [-0.1, -0.05) is 30.3 Å². The number of anilines is 1. The van der Waals surface area contributed by atoms with Crippen molar-refractivity contribution in [3.8, 4) is 5.69 Å². The number of nitrogens with one attached hydrogen (secondary N) is 3. The molecule has 1 unspecified atom stereocenters. The summed E-state index contributed by atoms with van der Waals surface area (Å²) in [5.74, 6) is -0.387. The zero-order valence-electron chi connectivity index (χ0n) is 15.0. The largest absolute Gasteiger partial charge is 0.344 e. The van der Waals surface area contributed by atoms with Gasteiger partial charge in [-0.05, 0) is 49.0 Å². The monoisotopic (exact) mass is 380 g/mol. The van der Waals surface area contributed by atoms with E-state index in [-0.39, 0.29) is 17.9 Å². The topological polar surface area (TPSA) is 78.9 Å². The fraction of sp³-hybridized carbons (Fsp3) is 0.150. The molecule has 0 bridgehead atoms. The van der Waals surface area contributed by atoms with E-state index in [0.717, 1.165) is 11.3 Å². The number of benzene rings is 2. The fourth-order valence-electron chi connectivity index (χ4n) is 2.81. The van der Waals surface area contributed by atoms with Crippen LogP contribution in [0.3, 0.4) is 0 Å². The summed E-state index contributed by atoms with van der Waals surface area (Å²) in [6.07, 6.45) is 1.60. The Balaban J connectivity index is 1.82. The molecule has 3 rings (SSSR count).